The van der Waals surface area contributed by atoms with Crippen LogP contribution < -0.4 is 0 Å². The normalized spacial score (nSPS) is 10.1. The van der Waals surface area contributed by atoms with E-state index in [-0.39, 0.29) is 12.4 Å². The van der Waals surface area contributed by atoms with Crippen LogP contribution in [0.3, 0.4) is 0 Å². The van der Waals surface area contributed by atoms with Crippen molar-refractivity contribution in [3.63, 3.8) is 0 Å². The molecule has 0 aliphatic heterocycles. The Bertz CT molecular complexity index is 837. The van der Waals surface area contributed by atoms with Gasteiger partial charge in [-0.1, -0.05) is 42.2 Å². The molecule has 0 atom stereocenters. The highest BCUT2D eigenvalue weighted by atomic mass is 16.3. The maximum absolute atomic E-state index is 9.49. The summed E-state index contributed by atoms with van der Waals surface area (Å²) in [5, 5.41) is 20.3. The predicted octanol–water partition coefficient (Wildman–Crippen LogP) is 3.56. The molecule has 0 amide bonds. The molecule has 2 N–H and O–H groups in total. The van der Waals surface area contributed by atoms with E-state index in [0.717, 1.165) is 27.5 Å². The van der Waals surface area contributed by atoms with E-state index in [2.05, 4.69) is 17.9 Å². The molecular weight excluding hydrogens is 260 g/mol. The molecule has 3 rings (SSSR count). The van der Waals surface area contributed by atoms with Gasteiger partial charge in [0.25, 0.3) is 0 Å². The third kappa shape index (κ3) is 2.89. The van der Waals surface area contributed by atoms with Crippen molar-refractivity contribution < 1.29 is 10.2 Å². The minimum absolute atomic E-state index is 0.126. The maximum atomic E-state index is 9.49. The summed E-state index contributed by atoms with van der Waals surface area (Å²) in [7, 11) is 0. The second kappa shape index (κ2) is 5.70. The van der Waals surface area contributed by atoms with Crippen LogP contribution in [0.1, 0.15) is 5.56 Å². The molecule has 0 saturated heterocycles. The summed E-state index contributed by atoms with van der Waals surface area (Å²) in [5.74, 6) is 5.80. The summed E-state index contributed by atoms with van der Waals surface area (Å²) in [6.07, 6.45) is 0. The molecule has 3 aromatic rings. The molecule has 0 bridgehead atoms. The summed E-state index contributed by atoms with van der Waals surface area (Å²) in [6.45, 7) is -0.126. The van der Waals surface area contributed by atoms with E-state index in [4.69, 9.17) is 5.11 Å². The lowest BCUT2D eigenvalue weighted by atomic mass is 10.0. The smallest absolute Gasteiger partial charge is 0.116 e. The van der Waals surface area contributed by atoms with Crippen LogP contribution >= 0.6 is 0 Å². The lowest BCUT2D eigenvalue weighted by Crippen LogP contribution is -1.81. The summed E-state index contributed by atoms with van der Waals surface area (Å²) < 4.78 is 0. The fourth-order valence-electron chi connectivity index (χ4n) is 2.30. The van der Waals surface area contributed by atoms with Gasteiger partial charge < -0.3 is 10.2 Å². The van der Waals surface area contributed by atoms with Gasteiger partial charge in [0, 0.05) is 5.56 Å². The Hall–Kier alpha value is -2.76. The van der Waals surface area contributed by atoms with Gasteiger partial charge in [-0.15, -0.1) is 0 Å². The first-order valence-electron chi connectivity index (χ1n) is 6.69. The molecule has 2 heteroatoms. The Morgan fingerprint density at radius 1 is 0.762 bits per heavy atom. The Morgan fingerprint density at radius 2 is 1.43 bits per heavy atom. The molecule has 0 spiro atoms. The monoisotopic (exact) mass is 274 g/mol. The minimum atomic E-state index is -0.126. The zero-order chi connectivity index (χ0) is 14.7. The Labute approximate surface area is 123 Å². The molecule has 3 aromatic carbocycles. The number of phenolic OH excluding ortho intramolecular Hbond substituents is 1. The summed E-state index contributed by atoms with van der Waals surface area (Å²) >= 11 is 0. The van der Waals surface area contributed by atoms with Crippen LogP contribution in [0.5, 0.6) is 5.75 Å². The van der Waals surface area contributed by atoms with E-state index in [1.807, 2.05) is 42.5 Å². The lowest BCUT2D eigenvalue weighted by Gasteiger charge is -2.05. The van der Waals surface area contributed by atoms with E-state index in [1.54, 1.807) is 12.1 Å². The Morgan fingerprint density at radius 3 is 2.19 bits per heavy atom. The van der Waals surface area contributed by atoms with Crippen LogP contribution in [0.25, 0.3) is 21.9 Å². The molecule has 102 valence electrons. The highest BCUT2D eigenvalue weighted by molar-refractivity contribution is 5.88. The van der Waals surface area contributed by atoms with E-state index in [0.29, 0.717) is 0 Å². The number of benzene rings is 3. The summed E-state index contributed by atoms with van der Waals surface area (Å²) in [6, 6.07) is 19.4. The fraction of sp³-hybridized carbons (Fsp3) is 0.0526. The molecule has 0 aliphatic rings. The molecule has 0 saturated carbocycles. The van der Waals surface area contributed by atoms with Crippen LogP contribution in [-0.2, 0) is 0 Å². The van der Waals surface area contributed by atoms with Gasteiger partial charge in [0.05, 0.1) is 0 Å². The van der Waals surface area contributed by atoms with Gasteiger partial charge in [-0.2, -0.15) is 0 Å². The molecule has 2 nitrogen and oxygen atoms in total. The third-order valence-electron chi connectivity index (χ3n) is 3.35. The Balaban J connectivity index is 1.98. The van der Waals surface area contributed by atoms with E-state index in [1.165, 1.54) is 0 Å². The standard InChI is InChI=1S/C19H14O2/c20-11-1-2-14-3-5-15(6-4-14)16-7-8-18-13-19(21)10-9-17(18)12-16/h3-10,12-13,20-21H,11H2. The van der Waals surface area contributed by atoms with Crippen molar-refractivity contribution in [3.8, 4) is 28.7 Å². The average Bonchev–Trinajstić information content (AvgIpc) is 2.53. The van der Waals surface area contributed by atoms with Gasteiger partial charge in [-0.05, 0) is 52.2 Å². The fourth-order valence-corrected chi connectivity index (χ4v) is 2.30. The van der Waals surface area contributed by atoms with Crippen molar-refractivity contribution in [1.29, 1.82) is 0 Å². The minimum Gasteiger partial charge on any atom is -0.508 e. The molecular formula is C19H14O2. The predicted molar refractivity (Wildman–Crippen MR) is 85.0 cm³/mol. The van der Waals surface area contributed by atoms with E-state index in [9.17, 15) is 5.11 Å². The number of rotatable bonds is 1. The number of aliphatic hydroxyl groups is 1. The lowest BCUT2D eigenvalue weighted by molar-refractivity contribution is 0.350. The number of hydrogen-bond acceptors (Lipinski definition) is 2. The van der Waals surface area contributed by atoms with Crippen LogP contribution in [0, 0.1) is 11.8 Å². The molecule has 0 aliphatic carbocycles. The van der Waals surface area contributed by atoms with Crippen molar-refractivity contribution in [2.24, 2.45) is 0 Å². The van der Waals surface area contributed by atoms with Crippen LogP contribution in [0.4, 0.5) is 0 Å². The summed E-state index contributed by atoms with van der Waals surface area (Å²) in [5.41, 5.74) is 3.12. The highest BCUT2D eigenvalue weighted by Gasteiger charge is 2.01. The quantitative estimate of drug-likeness (QED) is 0.666. The largest absolute Gasteiger partial charge is 0.508 e. The van der Waals surface area contributed by atoms with Crippen molar-refractivity contribution in [2.45, 2.75) is 0 Å². The van der Waals surface area contributed by atoms with Crippen LogP contribution in [0.15, 0.2) is 60.7 Å². The highest BCUT2D eigenvalue weighted by Crippen LogP contribution is 2.26. The van der Waals surface area contributed by atoms with Gasteiger partial charge in [0.1, 0.15) is 12.4 Å². The first-order chi connectivity index (χ1) is 10.3. The van der Waals surface area contributed by atoms with Crippen molar-refractivity contribution in [1.82, 2.24) is 0 Å². The third-order valence-corrected chi connectivity index (χ3v) is 3.35. The number of hydrogen-bond donors (Lipinski definition) is 2. The van der Waals surface area contributed by atoms with Gasteiger partial charge >= 0.3 is 0 Å². The van der Waals surface area contributed by atoms with Gasteiger partial charge in [0.2, 0.25) is 0 Å². The van der Waals surface area contributed by atoms with Crippen molar-refractivity contribution >= 4 is 10.8 Å². The van der Waals surface area contributed by atoms with Gasteiger partial charge in [0.15, 0.2) is 0 Å². The molecule has 21 heavy (non-hydrogen) atoms. The number of phenols is 1. The van der Waals surface area contributed by atoms with Crippen LogP contribution in [0.2, 0.25) is 0 Å². The van der Waals surface area contributed by atoms with Gasteiger partial charge in [-0.25, -0.2) is 0 Å². The molecule has 0 heterocycles. The first-order valence-corrected chi connectivity index (χ1v) is 6.69. The SMILES string of the molecule is OCC#Cc1ccc(-c2ccc3cc(O)ccc3c2)cc1. The van der Waals surface area contributed by atoms with E-state index >= 15 is 0 Å². The maximum Gasteiger partial charge on any atom is 0.116 e. The van der Waals surface area contributed by atoms with Gasteiger partial charge in [-0.3, -0.25) is 0 Å². The zero-order valence-electron chi connectivity index (χ0n) is 11.4. The van der Waals surface area contributed by atoms with Crippen LogP contribution in [-0.4, -0.2) is 16.8 Å². The molecule has 0 aromatic heterocycles. The van der Waals surface area contributed by atoms with Crippen molar-refractivity contribution in [3.05, 3.63) is 66.2 Å². The van der Waals surface area contributed by atoms with E-state index < -0.39 is 0 Å². The topological polar surface area (TPSA) is 40.5 Å². The number of aliphatic hydroxyl groups excluding tert-OH is 1. The van der Waals surface area contributed by atoms with Crippen molar-refractivity contribution in [2.75, 3.05) is 6.61 Å². The zero-order valence-corrected chi connectivity index (χ0v) is 11.4. The second-order valence-electron chi connectivity index (χ2n) is 4.78. The number of fused-ring (bicyclic) bond motifs is 1. The average molecular weight is 274 g/mol. The second-order valence-corrected chi connectivity index (χ2v) is 4.78. The first kappa shape index (κ1) is 13.2. The number of aromatic hydroxyl groups is 1. The molecule has 0 radical (unpaired) electrons. The summed E-state index contributed by atoms with van der Waals surface area (Å²) in [4.78, 5) is 0. The molecule has 0 unspecified atom stereocenters. The molecule has 0 fully saturated rings. The Kier molecular flexibility index (Phi) is 3.59.